The average Bonchev–Trinajstić information content (AvgIpc) is 2.88. The summed E-state index contributed by atoms with van der Waals surface area (Å²) in [5.74, 6) is 1.70. The molecule has 0 atom stereocenters. The molecule has 116 valence electrons. The molecule has 0 radical (unpaired) electrons. The second-order valence-electron chi connectivity index (χ2n) is 6.28. The van der Waals surface area contributed by atoms with Crippen molar-refractivity contribution in [3.63, 3.8) is 0 Å². The zero-order chi connectivity index (χ0) is 16.2. The lowest BCUT2D eigenvalue weighted by Crippen LogP contribution is -2.28. The first-order valence-electron chi connectivity index (χ1n) is 7.39. The fourth-order valence-corrected chi connectivity index (χ4v) is 2.85. The van der Waals surface area contributed by atoms with Gasteiger partial charge in [0.25, 0.3) is 0 Å². The molecule has 2 aromatic carbocycles. The van der Waals surface area contributed by atoms with Crippen molar-refractivity contribution in [3.8, 4) is 22.8 Å². The van der Waals surface area contributed by atoms with E-state index in [9.17, 15) is 10.2 Å². The van der Waals surface area contributed by atoms with Gasteiger partial charge in [-0.2, -0.15) is 0 Å². The molecule has 2 heterocycles. The monoisotopic (exact) mass is 308 g/mol. The number of aliphatic hydroxyl groups is 1. The molecule has 0 saturated carbocycles. The minimum absolute atomic E-state index is 0.170. The maximum Gasteiger partial charge on any atom is 0.138 e. The van der Waals surface area contributed by atoms with E-state index in [0.717, 1.165) is 10.9 Å². The highest BCUT2D eigenvalue weighted by molar-refractivity contribution is 5.84. The van der Waals surface area contributed by atoms with Gasteiger partial charge in [-0.05, 0) is 44.2 Å². The molecule has 1 aromatic heterocycles. The van der Waals surface area contributed by atoms with E-state index in [0.29, 0.717) is 22.7 Å². The van der Waals surface area contributed by atoms with Gasteiger partial charge in [0.15, 0.2) is 0 Å². The average molecular weight is 308 g/mol. The summed E-state index contributed by atoms with van der Waals surface area (Å²) in [6.07, 6.45) is 1.69. The van der Waals surface area contributed by atoms with E-state index in [2.05, 4.69) is 0 Å². The SMILES string of the molecule is CC1(C)C=C(O)c2ccc(-c3cc4ccc(O)cc4o3)cc2O1. The Bertz CT molecular complexity index is 947. The lowest BCUT2D eigenvalue weighted by atomic mass is 9.99. The van der Waals surface area contributed by atoms with Crippen LogP contribution in [0.15, 0.2) is 53.0 Å². The molecule has 0 fully saturated rings. The van der Waals surface area contributed by atoms with Crippen LogP contribution in [0.2, 0.25) is 0 Å². The van der Waals surface area contributed by atoms with Crippen LogP contribution in [0.4, 0.5) is 0 Å². The molecule has 0 bridgehead atoms. The molecule has 0 aliphatic carbocycles. The van der Waals surface area contributed by atoms with Gasteiger partial charge in [0.05, 0.1) is 5.56 Å². The quantitative estimate of drug-likeness (QED) is 0.673. The van der Waals surface area contributed by atoms with Crippen LogP contribution in [0, 0.1) is 0 Å². The fourth-order valence-electron chi connectivity index (χ4n) is 2.85. The van der Waals surface area contributed by atoms with Crippen molar-refractivity contribution >= 4 is 16.7 Å². The predicted octanol–water partition coefficient (Wildman–Crippen LogP) is 4.88. The summed E-state index contributed by atoms with van der Waals surface area (Å²) in [5, 5.41) is 20.6. The minimum Gasteiger partial charge on any atom is -0.508 e. The summed E-state index contributed by atoms with van der Waals surface area (Å²) in [7, 11) is 0. The van der Waals surface area contributed by atoms with Crippen LogP contribution >= 0.6 is 0 Å². The number of hydrogen-bond acceptors (Lipinski definition) is 4. The fraction of sp³-hybridized carbons (Fsp3) is 0.158. The smallest absolute Gasteiger partial charge is 0.138 e. The number of phenols is 1. The molecule has 23 heavy (non-hydrogen) atoms. The van der Waals surface area contributed by atoms with Crippen molar-refractivity contribution in [3.05, 3.63) is 54.1 Å². The third kappa shape index (κ3) is 2.32. The number of aliphatic hydroxyl groups excluding tert-OH is 1. The second-order valence-corrected chi connectivity index (χ2v) is 6.28. The molecular formula is C19H16O4. The summed E-state index contributed by atoms with van der Waals surface area (Å²) in [6, 6.07) is 12.5. The first-order chi connectivity index (χ1) is 10.9. The Kier molecular flexibility index (Phi) is 2.73. The van der Waals surface area contributed by atoms with Gasteiger partial charge >= 0.3 is 0 Å². The van der Waals surface area contributed by atoms with Gasteiger partial charge in [-0.25, -0.2) is 0 Å². The molecule has 0 amide bonds. The molecule has 0 spiro atoms. The van der Waals surface area contributed by atoms with E-state index < -0.39 is 5.60 Å². The van der Waals surface area contributed by atoms with E-state index in [-0.39, 0.29) is 11.5 Å². The highest BCUT2D eigenvalue weighted by atomic mass is 16.5. The Morgan fingerprint density at radius 1 is 0.957 bits per heavy atom. The molecule has 0 unspecified atom stereocenters. The Morgan fingerprint density at radius 3 is 2.61 bits per heavy atom. The van der Waals surface area contributed by atoms with Crippen LogP contribution in [0.1, 0.15) is 19.4 Å². The summed E-state index contributed by atoms with van der Waals surface area (Å²) in [6.45, 7) is 3.78. The number of furan rings is 1. The van der Waals surface area contributed by atoms with Gasteiger partial charge in [-0.15, -0.1) is 0 Å². The van der Waals surface area contributed by atoms with Crippen molar-refractivity contribution in [2.45, 2.75) is 19.4 Å². The molecule has 4 nitrogen and oxygen atoms in total. The number of benzene rings is 2. The first kappa shape index (κ1) is 13.8. The zero-order valence-corrected chi connectivity index (χ0v) is 12.8. The normalized spacial score (nSPS) is 15.8. The number of aromatic hydroxyl groups is 1. The summed E-state index contributed by atoms with van der Waals surface area (Å²) in [4.78, 5) is 0. The summed E-state index contributed by atoms with van der Waals surface area (Å²) >= 11 is 0. The predicted molar refractivity (Wildman–Crippen MR) is 88.6 cm³/mol. The van der Waals surface area contributed by atoms with Crippen LogP contribution in [-0.2, 0) is 0 Å². The number of rotatable bonds is 1. The molecule has 2 N–H and O–H groups in total. The Balaban J connectivity index is 1.82. The lowest BCUT2D eigenvalue weighted by Gasteiger charge is -2.29. The Labute approximate surface area is 133 Å². The van der Waals surface area contributed by atoms with Crippen LogP contribution in [0.5, 0.6) is 11.5 Å². The molecule has 0 saturated heterocycles. The van der Waals surface area contributed by atoms with Crippen molar-refractivity contribution in [1.82, 2.24) is 0 Å². The molecule has 1 aliphatic rings. The summed E-state index contributed by atoms with van der Waals surface area (Å²) in [5.41, 5.74) is 1.59. The van der Waals surface area contributed by atoms with Crippen LogP contribution in [0.3, 0.4) is 0 Å². The van der Waals surface area contributed by atoms with Crippen molar-refractivity contribution < 1.29 is 19.4 Å². The van der Waals surface area contributed by atoms with E-state index in [1.165, 1.54) is 0 Å². The van der Waals surface area contributed by atoms with Gasteiger partial charge in [-0.3, -0.25) is 0 Å². The maximum atomic E-state index is 10.1. The van der Waals surface area contributed by atoms with Crippen molar-refractivity contribution in [2.24, 2.45) is 0 Å². The number of hydrogen-bond donors (Lipinski definition) is 2. The third-order valence-electron chi connectivity index (χ3n) is 3.90. The molecule has 1 aliphatic heterocycles. The number of ether oxygens (including phenoxy) is 1. The van der Waals surface area contributed by atoms with Gasteiger partial charge in [0, 0.05) is 23.1 Å². The Morgan fingerprint density at radius 2 is 1.78 bits per heavy atom. The molecular weight excluding hydrogens is 292 g/mol. The van der Waals surface area contributed by atoms with E-state index in [1.807, 2.05) is 44.2 Å². The van der Waals surface area contributed by atoms with Crippen molar-refractivity contribution in [1.29, 1.82) is 0 Å². The zero-order valence-electron chi connectivity index (χ0n) is 12.8. The van der Waals surface area contributed by atoms with E-state index in [4.69, 9.17) is 9.15 Å². The maximum absolute atomic E-state index is 10.1. The molecule has 4 heteroatoms. The first-order valence-corrected chi connectivity index (χ1v) is 7.39. The molecule has 4 rings (SSSR count). The minimum atomic E-state index is -0.560. The largest absolute Gasteiger partial charge is 0.508 e. The standard InChI is InChI=1S/C19H16O4/c1-19(2)10-15(21)14-6-4-12(8-18(14)23-19)16-7-11-3-5-13(20)9-17(11)22-16/h3-10,20-21H,1-2H3. The van der Waals surface area contributed by atoms with Crippen LogP contribution in [-0.4, -0.2) is 15.8 Å². The number of fused-ring (bicyclic) bond motifs is 2. The van der Waals surface area contributed by atoms with E-state index in [1.54, 1.807) is 18.2 Å². The van der Waals surface area contributed by atoms with E-state index >= 15 is 0 Å². The van der Waals surface area contributed by atoms with Gasteiger partial charge in [0.1, 0.15) is 34.2 Å². The van der Waals surface area contributed by atoms with Gasteiger partial charge in [0.2, 0.25) is 0 Å². The molecule has 3 aromatic rings. The summed E-state index contributed by atoms with van der Waals surface area (Å²) < 4.78 is 11.7. The topological polar surface area (TPSA) is 62.8 Å². The second kappa shape index (κ2) is 4.56. The highest BCUT2D eigenvalue weighted by Crippen LogP contribution is 2.38. The third-order valence-corrected chi connectivity index (χ3v) is 3.90. The highest BCUT2D eigenvalue weighted by Gasteiger charge is 2.27. The van der Waals surface area contributed by atoms with Gasteiger partial charge in [-0.1, -0.05) is 6.07 Å². The van der Waals surface area contributed by atoms with Crippen LogP contribution < -0.4 is 4.74 Å². The lowest BCUT2D eigenvalue weighted by molar-refractivity contribution is 0.154. The van der Waals surface area contributed by atoms with Gasteiger partial charge < -0.3 is 19.4 Å². The van der Waals surface area contributed by atoms with Crippen LogP contribution in [0.25, 0.3) is 28.1 Å². The Hall–Kier alpha value is -2.88. The number of phenolic OH excluding ortho intramolecular Hbond substituents is 1. The van der Waals surface area contributed by atoms with Crippen molar-refractivity contribution in [2.75, 3.05) is 0 Å².